The lowest BCUT2D eigenvalue weighted by atomic mass is 9.95. The topological polar surface area (TPSA) is 84.7 Å². The van der Waals surface area contributed by atoms with Gasteiger partial charge >= 0.3 is 0 Å². The molecule has 1 aromatic carbocycles. The van der Waals surface area contributed by atoms with E-state index in [4.69, 9.17) is 10.5 Å². The molecule has 0 aliphatic carbocycles. The van der Waals surface area contributed by atoms with Crippen LogP contribution in [0.15, 0.2) is 24.3 Å². The number of nitrogens with two attached hydrogens (primary N) is 1. The van der Waals surface area contributed by atoms with Gasteiger partial charge < -0.3 is 15.8 Å². The second-order valence-corrected chi connectivity index (χ2v) is 7.36. The quantitative estimate of drug-likeness (QED) is 0.818. The summed E-state index contributed by atoms with van der Waals surface area (Å²) in [5, 5.41) is 3.06. The number of rotatable bonds is 5. The zero-order valence-electron chi connectivity index (χ0n) is 13.6. The van der Waals surface area contributed by atoms with Gasteiger partial charge in [-0.15, -0.1) is 0 Å². The van der Waals surface area contributed by atoms with E-state index in [2.05, 4.69) is 10.2 Å². The highest BCUT2D eigenvalue weighted by molar-refractivity contribution is 7.99. The average Bonchev–Trinajstić information content (AvgIpc) is 3.11. The molecular formula is C17H23N3O3S. The van der Waals surface area contributed by atoms with Crippen LogP contribution in [0.3, 0.4) is 0 Å². The van der Waals surface area contributed by atoms with Gasteiger partial charge in [0, 0.05) is 42.1 Å². The molecule has 0 radical (unpaired) electrons. The molecule has 0 spiro atoms. The molecule has 3 rings (SSSR count). The second-order valence-electron chi connectivity index (χ2n) is 6.25. The first-order chi connectivity index (χ1) is 11.6. The molecule has 0 aromatic heterocycles. The van der Waals surface area contributed by atoms with Gasteiger partial charge in [0.05, 0.1) is 13.2 Å². The molecule has 6 nitrogen and oxygen atoms in total. The van der Waals surface area contributed by atoms with Gasteiger partial charge in [-0.1, -0.05) is 6.07 Å². The first kappa shape index (κ1) is 17.3. The Labute approximate surface area is 146 Å². The molecule has 0 bridgehead atoms. The summed E-state index contributed by atoms with van der Waals surface area (Å²) in [7, 11) is 0. The summed E-state index contributed by atoms with van der Waals surface area (Å²) in [6, 6.07) is 6.54. The van der Waals surface area contributed by atoms with Crippen molar-refractivity contribution in [2.75, 3.05) is 44.4 Å². The highest BCUT2D eigenvalue weighted by Crippen LogP contribution is 2.33. The Morgan fingerprint density at radius 3 is 2.71 bits per heavy atom. The van der Waals surface area contributed by atoms with E-state index in [-0.39, 0.29) is 11.4 Å². The number of carbonyl (C=O) groups is 2. The SMILES string of the molecule is NC(=O)c1cccc(C(=O)NC[C@]2(N3CCOCC3)CCSC2)c1. The predicted octanol–water partition coefficient (Wildman–Crippen LogP) is 0.723. The van der Waals surface area contributed by atoms with E-state index in [0.29, 0.717) is 17.7 Å². The van der Waals surface area contributed by atoms with E-state index in [0.717, 1.165) is 44.2 Å². The third-order valence-electron chi connectivity index (χ3n) is 4.75. The smallest absolute Gasteiger partial charge is 0.251 e. The Balaban J connectivity index is 1.67. The first-order valence-electron chi connectivity index (χ1n) is 8.19. The van der Waals surface area contributed by atoms with Gasteiger partial charge in [0.15, 0.2) is 0 Å². The molecule has 1 atom stereocenters. The third kappa shape index (κ3) is 3.74. The van der Waals surface area contributed by atoms with Crippen LogP contribution < -0.4 is 11.1 Å². The van der Waals surface area contributed by atoms with Crippen LogP contribution in [0.2, 0.25) is 0 Å². The third-order valence-corrected chi connectivity index (χ3v) is 5.99. The van der Waals surface area contributed by atoms with E-state index >= 15 is 0 Å². The summed E-state index contributed by atoms with van der Waals surface area (Å²) in [5.74, 6) is 1.45. The molecule has 2 amide bonds. The van der Waals surface area contributed by atoms with Gasteiger partial charge in [-0.3, -0.25) is 14.5 Å². The van der Waals surface area contributed by atoms with Crippen LogP contribution in [0.25, 0.3) is 0 Å². The first-order valence-corrected chi connectivity index (χ1v) is 9.35. The van der Waals surface area contributed by atoms with Crippen LogP contribution in [0.4, 0.5) is 0 Å². The number of benzene rings is 1. The van der Waals surface area contributed by atoms with Crippen LogP contribution in [0.5, 0.6) is 0 Å². The lowest BCUT2D eigenvalue weighted by Gasteiger charge is -2.43. The summed E-state index contributed by atoms with van der Waals surface area (Å²) >= 11 is 1.93. The van der Waals surface area contributed by atoms with E-state index in [1.807, 2.05) is 11.8 Å². The summed E-state index contributed by atoms with van der Waals surface area (Å²) in [5.41, 5.74) is 6.10. The predicted molar refractivity (Wildman–Crippen MR) is 94.4 cm³/mol. The summed E-state index contributed by atoms with van der Waals surface area (Å²) < 4.78 is 5.46. The summed E-state index contributed by atoms with van der Waals surface area (Å²) in [4.78, 5) is 26.2. The van der Waals surface area contributed by atoms with Crippen LogP contribution in [0, 0.1) is 0 Å². The van der Waals surface area contributed by atoms with E-state index in [1.165, 1.54) is 0 Å². The Bertz CT molecular complexity index is 611. The average molecular weight is 349 g/mol. The van der Waals surface area contributed by atoms with Crippen LogP contribution in [-0.2, 0) is 4.74 Å². The molecule has 1 aromatic rings. The second kappa shape index (κ2) is 7.55. The Hall–Kier alpha value is -1.57. The van der Waals surface area contributed by atoms with E-state index in [1.54, 1.807) is 24.3 Å². The number of hydrogen-bond acceptors (Lipinski definition) is 5. The van der Waals surface area contributed by atoms with E-state index < -0.39 is 5.91 Å². The zero-order valence-corrected chi connectivity index (χ0v) is 14.4. The van der Waals surface area contributed by atoms with Crippen molar-refractivity contribution in [1.82, 2.24) is 10.2 Å². The molecule has 2 aliphatic heterocycles. The number of thioether (sulfide) groups is 1. The van der Waals surface area contributed by atoms with Crippen molar-refractivity contribution in [3.63, 3.8) is 0 Å². The monoisotopic (exact) mass is 349 g/mol. The van der Waals surface area contributed by atoms with Gasteiger partial charge in [-0.25, -0.2) is 0 Å². The van der Waals surface area contributed by atoms with Crippen LogP contribution in [-0.4, -0.2) is 66.6 Å². The number of nitrogens with one attached hydrogen (secondary N) is 1. The van der Waals surface area contributed by atoms with Crippen molar-refractivity contribution >= 4 is 23.6 Å². The lowest BCUT2D eigenvalue weighted by Crippen LogP contribution is -2.59. The Morgan fingerprint density at radius 2 is 2.04 bits per heavy atom. The Kier molecular flexibility index (Phi) is 5.43. The van der Waals surface area contributed by atoms with Crippen molar-refractivity contribution in [2.45, 2.75) is 12.0 Å². The maximum Gasteiger partial charge on any atom is 0.251 e. The van der Waals surface area contributed by atoms with Crippen molar-refractivity contribution in [3.8, 4) is 0 Å². The minimum atomic E-state index is -0.526. The largest absolute Gasteiger partial charge is 0.379 e. The zero-order chi connectivity index (χ0) is 17.0. The maximum atomic E-state index is 12.5. The maximum absolute atomic E-state index is 12.5. The molecule has 0 saturated carbocycles. The number of amides is 2. The number of carbonyl (C=O) groups excluding carboxylic acids is 2. The fourth-order valence-corrected chi connectivity index (χ4v) is 4.77. The Morgan fingerprint density at radius 1 is 1.29 bits per heavy atom. The molecule has 130 valence electrons. The van der Waals surface area contributed by atoms with E-state index in [9.17, 15) is 9.59 Å². The minimum absolute atomic E-state index is 0.00536. The number of hydrogen-bond donors (Lipinski definition) is 2. The number of ether oxygens (including phenoxy) is 1. The summed E-state index contributed by atoms with van der Waals surface area (Å²) in [6.07, 6.45) is 1.07. The molecule has 2 fully saturated rings. The standard InChI is InChI=1S/C17H23N3O3S/c18-15(21)13-2-1-3-14(10-13)16(22)19-11-17(4-9-24-12-17)20-5-7-23-8-6-20/h1-3,10H,4-9,11-12H2,(H2,18,21)(H,19,22)/t17-/m1/s1. The number of nitrogens with zero attached hydrogens (tertiary/aromatic N) is 1. The molecular weight excluding hydrogens is 326 g/mol. The molecule has 2 saturated heterocycles. The van der Waals surface area contributed by atoms with Gasteiger partial charge in [0.25, 0.3) is 5.91 Å². The molecule has 24 heavy (non-hydrogen) atoms. The molecule has 3 N–H and O–H groups in total. The van der Waals surface area contributed by atoms with Crippen LogP contribution >= 0.6 is 11.8 Å². The number of primary amides is 1. The van der Waals surface area contributed by atoms with Gasteiger partial charge in [0.1, 0.15) is 0 Å². The van der Waals surface area contributed by atoms with Crippen molar-refractivity contribution in [1.29, 1.82) is 0 Å². The van der Waals surface area contributed by atoms with Gasteiger partial charge in [-0.05, 0) is 30.4 Å². The fourth-order valence-electron chi connectivity index (χ4n) is 3.30. The normalized spacial score (nSPS) is 24.7. The number of morpholine rings is 1. The highest BCUT2D eigenvalue weighted by atomic mass is 32.2. The van der Waals surface area contributed by atoms with Gasteiger partial charge in [0.2, 0.25) is 5.91 Å². The van der Waals surface area contributed by atoms with Crippen molar-refractivity contribution in [3.05, 3.63) is 35.4 Å². The van der Waals surface area contributed by atoms with Crippen molar-refractivity contribution < 1.29 is 14.3 Å². The minimum Gasteiger partial charge on any atom is -0.379 e. The van der Waals surface area contributed by atoms with Crippen molar-refractivity contribution in [2.24, 2.45) is 5.73 Å². The molecule has 7 heteroatoms. The molecule has 2 aliphatic rings. The summed E-state index contributed by atoms with van der Waals surface area (Å²) in [6.45, 7) is 3.93. The van der Waals surface area contributed by atoms with Gasteiger partial charge in [-0.2, -0.15) is 11.8 Å². The lowest BCUT2D eigenvalue weighted by molar-refractivity contribution is -0.0129. The molecule has 0 unspecified atom stereocenters. The molecule has 2 heterocycles. The van der Waals surface area contributed by atoms with Crippen LogP contribution in [0.1, 0.15) is 27.1 Å². The fraction of sp³-hybridized carbons (Fsp3) is 0.529. The highest BCUT2D eigenvalue weighted by Gasteiger charge is 2.40.